The van der Waals surface area contributed by atoms with Gasteiger partial charge in [0.05, 0.1) is 4.90 Å². The summed E-state index contributed by atoms with van der Waals surface area (Å²) in [4.78, 5) is 6.87. The Morgan fingerprint density at radius 3 is 2.45 bits per heavy atom. The van der Waals surface area contributed by atoms with Gasteiger partial charge in [-0.1, -0.05) is 11.6 Å². The van der Waals surface area contributed by atoms with Crippen LogP contribution in [0.25, 0.3) is 0 Å². The van der Waals surface area contributed by atoms with Crippen molar-refractivity contribution in [3.05, 3.63) is 40.5 Å². The van der Waals surface area contributed by atoms with Gasteiger partial charge in [0, 0.05) is 11.8 Å². The number of benzene rings is 1. The lowest BCUT2D eigenvalue weighted by molar-refractivity contribution is 0.595. The van der Waals surface area contributed by atoms with Crippen molar-refractivity contribution < 1.29 is 12.8 Å². The maximum absolute atomic E-state index is 13.2. The fraction of sp³-hybridized carbons (Fsp3) is 0. The van der Waals surface area contributed by atoms with E-state index in [0.29, 0.717) is 0 Å². The summed E-state index contributed by atoms with van der Waals surface area (Å²) in [7, 11) is -4.07. The average Bonchev–Trinajstić information content (AvgIpc) is 2.25. The van der Waals surface area contributed by atoms with Crippen LogP contribution in [0.1, 0.15) is 0 Å². The molecule has 0 atom stereocenters. The first-order valence-corrected chi connectivity index (χ1v) is 7.29. The van der Waals surface area contributed by atoms with Crippen molar-refractivity contribution in [1.29, 1.82) is 0 Å². The Morgan fingerprint density at radius 1 is 1.15 bits per heavy atom. The highest BCUT2D eigenvalue weighted by molar-refractivity contribution is 7.92. The van der Waals surface area contributed by atoms with Gasteiger partial charge in [-0.3, -0.25) is 4.72 Å². The number of nitrogens with one attached hydrogen (secondary N) is 1. The smallest absolute Gasteiger partial charge is 0.263 e. The Morgan fingerprint density at radius 2 is 1.85 bits per heavy atom. The molecule has 0 saturated heterocycles. The highest BCUT2D eigenvalue weighted by atomic mass is 35.5. The van der Waals surface area contributed by atoms with Crippen molar-refractivity contribution in [1.82, 2.24) is 9.97 Å². The van der Waals surface area contributed by atoms with E-state index in [4.69, 9.17) is 28.9 Å². The van der Waals surface area contributed by atoms with Crippen LogP contribution in [0, 0.1) is 5.82 Å². The number of nitrogens with zero attached hydrogens (tertiary/aromatic N) is 2. The minimum Gasteiger partial charge on any atom is -0.399 e. The van der Waals surface area contributed by atoms with Crippen molar-refractivity contribution in [3.8, 4) is 0 Å². The van der Waals surface area contributed by atoms with E-state index in [1.165, 1.54) is 0 Å². The third kappa shape index (κ3) is 3.47. The van der Waals surface area contributed by atoms with Crippen LogP contribution >= 0.6 is 23.2 Å². The van der Waals surface area contributed by atoms with Crippen LogP contribution in [0.15, 0.2) is 29.2 Å². The van der Waals surface area contributed by atoms with Gasteiger partial charge in [0.15, 0.2) is 0 Å². The predicted molar refractivity (Wildman–Crippen MR) is 73.7 cm³/mol. The molecule has 0 aliphatic rings. The number of nitrogens with two attached hydrogens (primary N) is 1. The lowest BCUT2D eigenvalue weighted by atomic mass is 10.3. The van der Waals surface area contributed by atoms with Crippen molar-refractivity contribution in [2.75, 3.05) is 10.5 Å². The van der Waals surface area contributed by atoms with Gasteiger partial charge in [-0.05, 0) is 29.8 Å². The van der Waals surface area contributed by atoms with Crippen LogP contribution in [-0.4, -0.2) is 18.4 Å². The highest BCUT2D eigenvalue weighted by Gasteiger charge is 2.17. The number of anilines is 2. The van der Waals surface area contributed by atoms with Crippen LogP contribution in [-0.2, 0) is 10.0 Å². The second-order valence-corrected chi connectivity index (χ2v) is 6.08. The second-order valence-electron chi connectivity index (χ2n) is 3.67. The first-order chi connectivity index (χ1) is 9.26. The van der Waals surface area contributed by atoms with Gasteiger partial charge in [0.25, 0.3) is 10.0 Å². The molecule has 106 valence electrons. The first kappa shape index (κ1) is 14.8. The van der Waals surface area contributed by atoms with Gasteiger partial charge in [0.2, 0.25) is 5.28 Å². The third-order valence-electron chi connectivity index (χ3n) is 2.11. The van der Waals surface area contributed by atoms with Gasteiger partial charge in [-0.15, -0.1) is 0 Å². The fourth-order valence-electron chi connectivity index (χ4n) is 1.38. The van der Waals surface area contributed by atoms with Gasteiger partial charge in [-0.25, -0.2) is 17.8 Å². The lowest BCUT2D eigenvalue weighted by Gasteiger charge is -2.08. The summed E-state index contributed by atoms with van der Waals surface area (Å²) in [6.45, 7) is 0. The molecule has 0 aliphatic heterocycles. The Hall–Kier alpha value is -1.64. The molecule has 1 aromatic heterocycles. The first-order valence-electron chi connectivity index (χ1n) is 5.05. The van der Waals surface area contributed by atoms with E-state index in [9.17, 15) is 12.8 Å². The van der Waals surface area contributed by atoms with E-state index in [-0.39, 0.29) is 26.8 Å². The average molecular weight is 337 g/mol. The molecule has 10 heteroatoms. The number of aromatic nitrogens is 2. The molecular weight excluding hydrogens is 330 g/mol. The Balaban J connectivity index is 2.40. The van der Waals surface area contributed by atoms with Crippen LogP contribution in [0.3, 0.4) is 0 Å². The fourth-order valence-corrected chi connectivity index (χ4v) is 2.84. The van der Waals surface area contributed by atoms with Crippen molar-refractivity contribution in [2.24, 2.45) is 0 Å². The zero-order valence-corrected chi connectivity index (χ0v) is 12.0. The molecule has 0 amide bonds. The molecule has 0 saturated carbocycles. The summed E-state index contributed by atoms with van der Waals surface area (Å²) >= 11 is 11.2. The summed E-state index contributed by atoms with van der Waals surface area (Å²) in [5.41, 5.74) is 5.37. The van der Waals surface area contributed by atoms with E-state index in [0.717, 1.165) is 24.3 Å². The molecule has 3 N–H and O–H groups in total. The molecule has 0 spiro atoms. The molecule has 2 aromatic rings. The highest BCUT2D eigenvalue weighted by Crippen LogP contribution is 2.21. The number of nitrogen functional groups attached to an aromatic ring is 1. The molecule has 0 fully saturated rings. The maximum atomic E-state index is 13.2. The predicted octanol–water partition coefficient (Wildman–Crippen LogP) is 2.31. The minimum absolute atomic E-state index is 0.0240. The zero-order valence-electron chi connectivity index (χ0n) is 9.64. The molecular formula is C10H7Cl2FN4O2S. The second kappa shape index (κ2) is 5.39. The summed E-state index contributed by atoms with van der Waals surface area (Å²) in [5, 5.41) is -0.268. The van der Waals surface area contributed by atoms with Crippen LogP contribution in [0.2, 0.25) is 10.4 Å². The Bertz CT molecular complexity index is 729. The topological polar surface area (TPSA) is 98.0 Å². The quantitative estimate of drug-likeness (QED) is 0.509. The van der Waals surface area contributed by atoms with Gasteiger partial charge in [-0.2, -0.15) is 4.98 Å². The summed E-state index contributed by atoms with van der Waals surface area (Å²) in [5.74, 6) is -0.915. The molecule has 1 heterocycles. The minimum atomic E-state index is -4.07. The number of halogens is 3. The summed E-state index contributed by atoms with van der Waals surface area (Å²) in [6, 6.07) is 4.09. The molecule has 0 radical (unpaired) electrons. The normalized spacial score (nSPS) is 11.3. The standard InChI is InChI=1S/C10H7Cl2FN4O2S/c11-8-4-9(16-10(12)15-8)17-20(18,19)7-2-5(13)1-6(14)3-7/h1-4H,14H2,(H,15,16,17). The van der Waals surface area contributed by atoms with Crippen LogP contribution < -0.4 is 10.5 Å². The molecule has 2 rings (SSSR count). The maximum Gasteiger partial charge on any atom is 0.263 e. The van der Waals surface area contributed by atoms with Gasteiger partial charge >= 0.3 is 0 Å². The van der Waals surface area contributed by atoms with Gasteiger partial charge < -0.3 is 5.73 Å². The van der Waals surface area contributed by atoms with Crippen molar-refractivity contribution in [3.63, 3.8) is 0 Å². The Kier molecular flexibility index (Phi) is 3.98. The molecule has 0 unspecified atom stereocenters. The van der Waals surface area contributed by atoms with E-state index >= 15 is 0 Å². The summed E-state index contributed by atoms with van der Waals surface area (Å²) in [6.07, 6.45) is 0. The molecule has 0 aliphatic carbocycles. The number of sulfonamides is 1. The van der Waals surface area contributed by atoms with Crippen molar-refractivity contribution in [2.45, 2.75) is 4.90 Å². The van der Waals surface area contributed by atoms with E-state index in [2.05, 4.69) is 14.7 Å². The monoisotopic (exact) mass is 336 g/mol. The lowest BCUT2D eigenvalue weighted by Crippen LogP contribution is -2.14. The van der Waals surface area contributed by atoms with E-state index < -0.39 is 15.8 Å². The number of hydrogen-bond donors (Lipinski definition) is 2. The summed E-state index contributed by atoms with van der Waals surface area (Å²) < 4.78 is 39.4. The molecule has 20 heavy (non-hydrogen) atoms. The Labute approximate surface area is 123 Å². The van der Waals surface area contributed by atoms with Crippen LogP contribution in [0.5, 0.6) is 0 Å². The molecule has 1 aromatic carbocycles. The number of rotatable bonds is 3. The van der Waals surface area contributed by atoms with Crippen molar-refractivity contribution >= 4 is 44.7 Å². The largest absolute Gasteiger partial charge is 0.399 e. The van der Waals surface area contributed by atoms with Crippen LogP contribution in [0.4, 0.5) is 15.9 Å². The third-order valence-corrected chi connectivity index (χ3v) is 3.81. The van der Waals surface area contributed by atoms with Gasteiger partial charge in [0.1, 0.15) is 16.8 Å². The molecule has 0 bridgehead atoms. The van der Waals surface area contributed by atoms with E-state index in [1.807, 2.05) is 0 Å². The van der Waals surface area contributed by atoms with E-state index in [1.54, 1.807) is 0 Å². The number of hydrogen-bond acceptors (Lipinski definition) is 5. The zero-order chi connectivity index (χ0) is 14.9. The SMILES string of the molecule is Nc1cc(F)cc(S(=O)(=O)Nc2cc(Cl)nc(Cl)n2)c1. The molecule has 6 nitrogen and oxygen atoms in total.